The number of H-pyrrole nitrogens is 1. The largest absolute Gasteiger partial charge is 0.497 e. The summed E-state index contributed by atoms with van der Waals surface area (Å²) in [5.74, 6) is -3.67. The molecule has 126 valence electrons. The molecule has 2 aromatic rings. The van der Waals surface area contributed by atoms with Crippen LogP contribution in [0.5, 0.6) is 5.75 Å². The molecule has 4 N–H and O–H groups in total. The highest BCUT2D eigenvalue weighted by Crippen LogP contribution is 2.45. The number of rotatable bonds is 5. The molecule has 1 aromatic heterocycles. The first kappa shape index (κ1) is 17.1. The lowest BCUT2D eigenvalue weighted by Gasteiger charge is -2.34. The average molecular weight is 330 g/mol. The molecule has 0 fully saturated rings. The third-order valence-corrected chi connectivity index (χ3v) is 4.06. The molecule has 0 aliphatic rings. The lowest BCUT2D eigenvalue weighted by atomic mass is 9.77. The van der Waals surface area contributed by atoms with Crippen molar-refractivity contribution in [3.05, 3.63) is 30.0 Å². The molecule has 8 heteroatoms. The van der Waals surface area contributed by atoms with Gasteiger partial charge < -0.3 is 20.6 Å². The highest BCUT2D eigenvalue weighted by Gasteiger charge is 2.56. The molecule has 0 saturated heterocycles. The summed E-state index contributed by atoms with van der Waals surface area (Å²) in [5.41, 5.74) is 3.43. The van der Waals surface area contributed by atoms with Gasteiger partial charge in [-0.3, -0.25) is 4.79 Å². The smallest absolute Gasteiger partial charge is 0.398 e. The quantitative estimate of drug-likeness (QED) is 0.786. The summed E-state index contributed by atoms with van der Waals surface area (Å²) in [6.45, 7) is 1.32. The fraction of sp³-hybridized carbons (Fsp3) is 0.400. The van der Waals surface area contributed by atoms with Gasteiger partial charge in [0.2, 0.25) is 0 Å². The molecule has 0 aliphatic carbocycles. The van der Waals surface area contributed by atoms with Crippen LogP contribution < -0.4 is 10.5 Å². The third kappa shape index (κ3) is 2.86. The van der Waals surface area contributed by atoms with Gasteiger partial charge in [0.1, 0.15) is 17.2 Å². The number of ether oxygens (including phenoxy) is 1. The summed E-state index contributed by atoms with van der Waals surface area (Å²) in [5, 5.41) is 9.51. The van der Waals surface area contributed by atoms with Crippen molar-refractivity contribution < 1.29 is 27.8 Å². The van der Waals surface area contributed by atoms with E-state index in [9.17, 15) is 23.1 Å². The van der Waals surface area contributed by atoms with Crippen molar-refractivity contribution in [3.63, 3.8) is 0 Å². The Morgan fingerprint density at radius 2 is 2.09 bits per heavy atom. The maximum Gasteiger partial charge on any atom is 0.398 e. The SMILES string of the molecule is CCC(N)(C(=O)O)C(c1c[nH]c2ccc(OC)cc12)C(F)(F)F. The van der Waals surface area contributed by atoms with Gasteiger partial charge in [0.15, 0.2) is 0 Å². The first-order valence-corrected chi connectivity index (χ1v) is 6.89. The van der Waals surface area contributed by atoms with Crippen LogP contribution in [0.4, 0.5) is 13.2 Å². The number of benzene rings is 1. The minimum absolute atomic E-state index is 0.210. The summed E-state index contributed by atoms with van der Waals surface area (Å²) in [6, 6.07) is 4.59. The number of hydrogen-bond donors (Lipinski definition) is 3. The fourth-order valence-corrected chi connectivity index (χ4v) is 2.71. The number of aromatic nitrogens is 1. The first-order chi connectivity index (χ1) is 10.6. The Hall–Kier alpha value is -2.22. The Balaban J connectivity index is 2.73. The Morgan fingerprint density at radius 1 is 1.43 bits per heavy atom. The summed E-state index contributed by atoms with van der Waals surface area (Å²) < 4.78 is 46.0. The Bertz CT molecular complexity index is 726. The predicted octanol–water partition coefficient (Wildman–Crippen LogP) is 3.01. The van der Waals surface area contributed by atoms with E-state index in [0.29, 0.717) is 11.3 Å². The van der Waals surface area contributed by atoms with Crippen LogP contribution in [0.3, 0.4) is 0 Å². The van der Waals surface area contributed by atoms with Crippen molar-refractivity contribution in [2.45, 2.75) is 31.0 Å². The van der Waals surface area contributed by atoms with Crippen LogP contribution in [0.2, 0.25) is 0 Å². The Kier molecular flexibility index (Phi) is 4.30. The number of nitrogens with one attached hydrogen (secondary N) is 1. The van der Waals surface area contributed by atoms with E-state index in [1.54, 1.807) is 12.1 Å². The van der Waals surface area contributed by atoms with Gasteiger partial charge in [-0.1, -0.05) is 6.92 Å². The van der Waals surface area contributed by atoms with Crippen molar-refractivity contribution in [3.8, 4) is 5.75 Å². The fourth-order valence-electron chi connectivity index (χ4n) is 2.71. The van der Waals surface area contributed by atoms with Crippen LogP contribution in [0, 0.1) is 0 Å². The van der Waals surface area contributed by atoms with E-state index in [2.05, 4.69) is 4.98 Å². The second kappa shape index (κ2) is 5.77. The predicted molar refractivity (Wildman–Crippen MR) is 78.5 cm³/mol. The molecule has 0 amide bonds. The minimum Gasteiger partial charge on any atom is -0.497 e. The zero-order valence-corrected chi connectivity index (χ0v) is 12.6. The van der Waals surface area contributed by atoms with E-state index in [-0.39, 0.29) is 17.4 Å². The number of aromatic amines is 1. The van der Waals surface area contributed by atoms with Crippen LogP contribution >= 0.6 is 0 Å². The van der Waals surface area contributed by atoms with Crippen molar-refractivity contribution >= 4 is 16.9 Å². The number of nitrogens with two attached hydrogens (primary N) is 1. The van der Waals surface area contributed by atoms with Crippen LogP contribution in [-0.4, -0.2) is 34.9 Å². The number of fused-ring (bicyclic) bond motifs is 1. The molecule has 0 spiro atoms. The molecule has 5 nitrogen and oxygen atoms in total. The van der Waals surface area contributed by atoms with Crippen LogP contribution in [0.15, 0.2) is 24.4 Å². The first-order valence-electron chi connectivity index (χ1n) is 6.89. The maximum absolute atomic E-state index is 13.6. The Labute approximate surface area is 130 Å². The molecule has 0 aliphatic heterocycles. The Morgan fingerprint density at radius 3 is 2.57 bits per heavy atom. The van der Waals surface area contributed by atoms with Crippen molar-refractivity contribution in [2.24, 2.45) is 5.73 Å². The van der Waals surface area contributed by atoms with Crippen molar-refractivity contribution in [1.29, 1.82) is 0 Å². The normalized spacial score (nSPS) is 16.1. The number of hydrogen-bond acceptors (Lipinski definition) is 3. The lowest BCUT2D eigenvalue weighted by molar-refractivity contribution is -0.179. The van der Waals surface area contributed by atoms with Gasteiger partial charge in [0, 0.05) is 17.1 Å². The summed E-state index contributed by atoms with van der Waals surface area (Å²) in [4.78, 5) is 14.2. The molecule has 0 saturated carbocycles. The van der Waals surface area contributed by atoms with Gasteiger partial charge in [-0.15, -0.1) is 0 Å². The van der Waals surface area contributed by atoms with E-state index in [4.69, 9.17) is 10.5 Å². The monoisotopic (exact) mass is 330 g/mol. The number of halogens is 3. The zero-order chi connectivity index (χ0) is 17.4. The molecule has 1 aromatic carbocycles. The number of carboxylic acids is 1. The van der Waals surface area contributed by atoms with E-state index in [1.165, 1.54) is 20.1 Å². The number of methoxy groups -OCH3 is 1. The third-order valence-electron chi connectivity index (χ3n) is 4.06. The lowest BCUT2D eigenvalue weighted by Crippen LogP contribution is -2.56. The molecule has 23 heavy (non-hydrogen) atoms. The van der Waals surface area contributed by atoms with Crippen molar-refractivity contribution in [1.82, 2.24) is 4.98 Å². The van der Waals surface area contributed by atoms with E-state index in [1.807, 2.05) is 0 Å². The number of carbonyl (C=O) groups is 1. The number of carboxylic acid groups (broad SMARTS) is 1. The molecular weight excluding hydrogens is 313 g/mol. The van der Waals surface area contributed by atoms with Crippen LogP contribution in [0.25, 0.3) is 10.9 Å². The molecular formula is C15H17F3N2O3. The van der Waals surface area contributed by atoms with Gasteiger partial charge in [-0.25, -0.2) is 0 Å². The summed E-state index contributed by atoms with van der Waals surface area (Å²) in [7, 11) is 1.39. The van der Waals surface area contributed by atoms with Crippen LogP contribution in [0.1, 0.15) is 24.8 Å². The topological polar surface area (TPSA) is 88.3 Å². The summed E-state index contributed by atoms with van der Waals surface area (Å²) in [6.07, 6.45) is -4.03. The van der Waals surface area contributed by atoms with E-state index in [0.717, 1.165) is 6.20 Å². The summed E-state index contributed by atoms with van der Waals surface area (Å²) >= 11 is 0. The van der Waals surface area contributed by atoms with Gasteiger partial charge in [0.25, 0.3) is 0 Å². The number of alkyl halides is 3. The minimum atomic E-state index is -4.82. The molecule has 0 radical (unpaired) electrons. The van der Waals surface area contributed by atoms with Gasteiger partial charge in [-0.05, 0) is 30.2 Å². The molecule has 2 atom stereocenters. The van der Waals surface area contributed by atoms with Crippen LogP contribution in [-0.2, 0) is 4.79 Å². The molecule has 1 heterocycles. The maximum atomic E-state index is 13.6. The molecule has 2 unspecified atom stereocenters. The van der Waals surface area contributed by atoms with E-state index < -0.39 is 23.6 Å². The van der Waals surface area contributed by atoms with Gasteiger partial charge in [0.05, 0.1) is 7.11 Å². The standard InChI is InChI=1S/C15H17F3N2O3/c1-3-14(19,13(21)22)12(15(16,17)18)10-7-20-11-5-4-8(23-2)6-9(10)11/h4-7,12,20H,3,19H2,1-2H3,(H,21,22). The van der Waals surface area contributed by atoms with Crippen molar-refractivity contribution in [2.75, 3.05) is 7.11 Å². The van der Waals surface area contributed by atoms with Gasteiger partial charge >= 0.3 is 12.1 Å². The number of aliphatic carboxylic acids is 1. The zero-order valence-electron chi connectivity index (χ0n) is 12.6. The molecule has 2 rings (SSSR count). The highest BCUT2D eigenvalue weighted by atomic mass is 19.4. The second-order valence-corrected chi connectivity index (χ2v) is 5.33. The highest BCUT2D eigenvalue weighted by molar-refractivity contribution is 5.88. The average Bonchev–Trinajstić information content (AvgIpc) is 2.88. The molecule has 0 bridgehead atoms. The second-order valence-electron chi connectivity index (χ2n) is 5.33. The van der Waals surface area contributed by atoms with E-state index >= 15 is 0 Å². The van der Waals surface area contributed by atoms with Gasteiger partial charge in [-0.2, -0.15) is 13.2 Å².